The average molecular weight is 233 g/mol. The van der Waals surface area contributed by atoms with Crippen LogP contribution in [0.1, 0.15) is 43.8 Å². The SMILES string of the molecule is OC1CCCC1CNc1ccnc(C2CC2)n1. The summed E-state index contributed by atoms with van der Waals surface area (Å²) >= 11 is 0. The van der Waals surface area contributed by atoms with Gasteiger partial charge in [-0.25, -0.2) is 9.97 Å². The number of rotatable bonds is 4. The molecular formula is C13H19N3O. The summed E-state index contributed by atoms with van der Waals surface area (Å²) in [6.45, 7) is 0.822. The Bertz CT molecular complexity index is 392. The van der Waals surface area contributed by atoms with Gasteiger partial charge in [0.1, 0.15) is 11.6 Å². The van der Waals surface area contributed by atoms with E-state index in [9.17, 15) is 5.11 Å². The highest BCUT2D eigenvalue weighted by Crippen LogP contribution is 2.38. The van der Waals surface area contributed by atoms with Gasteiger partial charge in [-0.05, 0) is 31.7 Å². The van der Waals surface area contributed by atoms with Crippen molar-refractivity contribution in [3.05, 3.63) is 18.1 Å². The molecule has 92 valence electrons. The second-order valence-electron chi connectivity index (χ2n) is 5.21. The third-order valence-corrected chi connectivity index (χ3v) is 3.78. The number of anilines is 1. The fourth-order valence-electron chi connectivity index (χ4n) is 2.50. The molecule has 0 saturated heterocycles. The van der Waals surface area contributed by atoms with Crippen molar-refractivity contribution in [3.63, 3.8) is 0 Å². The maximum atomic E-state index is 9.75. The van der Waals surface area contributed by atoms with Gasteiger partial charge in [-0.2, -0.15) is 0 Å². The van der Waals surface area contributed by atoms with E-state index in [2.05, 4.69) is 15.3 Å². The van der Waals surface area contributed by atoms with Gasteiger partial charge in [-0.3, -0.25) is 0 Å². The van der Waals surface area contributed by atoms with E-state index in [1.807, 2.05) is 12.3 Å². The van der Waals surface area contributed by atoms with Crippen molar-refractivity contribution in [2.45, 2.75) is 44.1 Å². The molecule has 2 atom stereocenters. The van der Waals surface area contributed by atoms with Gasteiger partial charge in [0.15, 0.2) is 0 Å². The molecule has 0 amide bonds. The normalized spacial score (nSPS) is 28.3. The lowest BCUT2D eigenvalue weighted by atomic mass is 10.1. The van der Waals surface area contributed by atoms with Crippen LogP contribution in [0.3, 0.4) is 0 Å². The van der Waals surface area contributed by atoms with Gasteiger partial charge < -0.3 is 10.4 Å². The Morgan fingerprint density at radius 1 is 1.29 bits per heavy atom. The smallest absolute Gasteiger partial charge is 0.133 e. The third kappa shape index (κ3) is 2.57. The van der Waals surface area contributed by atoms with E-state index in [1.165, 1.54) is 12.8 Å². The van der Waals surface area contributed by atoms with Crippen molar-refractivity contribution in [3.8, 4) is 0 Å². The zero-order valence-electron chi connectivity index (χ0n) is 9.97. The first-order chi connectivity index (χ1) is 8.33. The van der Waals surface area contributed by atoms with Crippen LogP contribution in [0.2, 0.25) is 0 Å². The van der Waals surface area contributed by atoms with Gasteiger partial charge in [0, 0.05) is 24.6 Å². The van der Waals surface area contributed by atoms with Crippen molar-refractivity contribution < 1.29 is 5.11 Å². The molecule has 0 aromatic carbocycles. The minimum absolute atomic E-state index is 0.132. The molecule has 4 nitrogen and oxygen atoms in total. The number of aliphatic hydroxyl groups excluding tert-OH is 1. The second-order valence-corrected chi connectivity index (χ2v) is 5.21. The van der Waals surface area contributed by atoms with E-state index >= 15 is 0 Å². The van der Waals surface area contributed by atoms with Gasteiger partial charge in [-0.1, -0.05) is 6.42 Å². The number of hydrogen-bond acceptors (Lipinski definition) is 4. The molecule has 0 spiro atoms. The Labute approximate surface area is 101 Å². The van der Waals surface area contributed by atoms with Crippen LogP contribution in [-0.4, -0.2) is 27.7 Å². The monoisotopic (exact) mass is 233 g/mol. The third-order valence-electron chi connectivity index (χ3n) is 3.78. The van der Waals surface area contributed by atoms with Crippen LogP contribution in [0, 0.1) is 5.92 Å². The zero-order chi connectivity index (χ0) is 11.7. The fraction of sp³-hybridized carbons (Fsp3) is 0.692. The van der Waals surface area contributed by atoms with Crippen molar-refractivity contribution in [2.75, 3.05) is 11.9 Å². The zero-order valence-corrected chi connectivity index (χ0v) is 9.97. The van der Waals surface area contributed by atoms with Crippen LogP contribution in [0.4, 0.5) is 5.82 Å². The van der Waals surface area contributed by atoms with Crippen LogP contribution in [0.25, 0.3) is 0 Å². The summed E-state index contributed by atoms with van der Waals surface area (Å²) < 4.78 is 0. The molecule has 2 unspecified atom stereocenters. The summed E-state index contributed by atoms with van der Waals surface area (Å²) in [4.78, 5) is 8.81. The van der Waals surface area contributed by atoms with Crippen LogP contribution in [-0.2, 0) is 0 Å². The van der Waals surface area contributed by atoms with Gasteiger partial charge in [-0.15, -0.1) is 0 Å². The topological polar surface area (TPSA) is 58.0 Å². The molecule has 4 heteroatoms. The van der Waals surface area contributed by atoms with Gasteiger partial charge in [0.05, 0.1) is 6.10 Å². The van der Waals surface area contributed by atoms with E-state index in [-0.39, 0.29) is 6.10 Å². The molecule has 1 aromatic rings. The van der Waals surface area contributed by atoms with E-state index < -0.39 is 0 Å². The highest BCUT2D eigenvalue weighted by atomic mass is 16.3. The molecule has 2 N–H and O–H groups in total. The van der Waals surface area contributed by atoms with Crippen molar-refractivity contribution in [2.24, 2.45) is 5.92 Å². The van der Waals surface area contributed by atoms with Crippen LogP contribution >= 0.6 is 0 Å². The summed E-state index contributed by atoms with van der Waals surface area (Å²) in [5.41, 5.74) is 0. The Morgan fingerprint density at radius 3 is 2.88 bits per heavy atom. The minimum atomic E-state index is -0.132. The average Bonchev–Trinajstić information content (AvgIpc) is 3.12. The lowest BCUT2D eigenvalue weighted by molar-refractivity contribution is 0.138. The molecular weight excluding hydrogens is 214 g/mol. The maximum absolute atomic E-state index is 9.75. The molecule has 0 bridgehead atoms. The second kappa shape index (κ2) is 4.61. The lowest BCUT2D eigenvalue weighted by Gasteiger charge is -2.15. The lowest BCUT2D eigenvalue weighted by Crippen LogP contribution is -2.22. The number of nitrogens with zero attached hydrogens (tertiary/aromatic N) is 2. The van der Waals surface area contributed by atoms with Crippen LogP contribution in [0.5, 0.6) is 0 Å². The molecule has 2 fully saturated rings. The number of aliphatic hydroxyl groups is 1. The first kappa shape index (κ1) is 11.0. The highest BCUT2D eigenvalue weighted by Gasteiger charge is 2.27. The molecule has 2 aliphatic carbocycles. The fourth-order valence-corrected chi connectivity index (χ4v) is 2.50. The number of hydrogen-bond donors (Lipinski definition) is 2. The van der Waals surface area contributed by atoms with E-state index in [0.29, 0.717) is 11.8 Å². The summed E-state index contributed by atoms with van der Waals surface area (Å²) in [6, 6.07) is 1.91. The molecule has 2 aliphatic rings. The first-order valence-electron chi connectivity index (χ1n) is 6.58. The molecule has 17 heavy (non-hydrogen) atoms. The Balaban J connectivity index is 1.58. The summed E-state index contributed by atoms with van der Waals surface area (Å²) in [6.07, 6.45) is 7.36. The molecule has 0 aliphatic heterocycles. The summed E-state index contributed by atoms with van der Waals surface area (Å²) in [7, 11) is 0. The van der Waals surface area contributed by atoms with Gasteiger partial charge in [0.2, 0.25) is 0 Å². The predicted octanol–water partition coefficient (Wildman–Crippen LogP) is 1.93. The Hall–Kier alpha value is -1.16. The van der Waals surface area contributed by atoms with E-state index in [0.717, 1.165) is 37.4 Å². The standard InChI is InChI=1S/C13H19N3O/c17-11-3-1-2-10(11)8-15-12-6-7-14-13(16-12)9-4-5-9/h6-7,9-11,17H,1-5,8H2,(H,14,15,16). The number of aromatic nitrogens is 2. The molecule has 2 saturated carbocycles. The van der Waals surface area contributed by atoms with Gasteiger partial charge >= 0.3 is 0 Å². The minimum Gasteiger partial charge on any atom is -0.393 e. The first-order valence-corrected chi connectivity index (χ1v) is 6.58. The number of nitrogens with one attached hydrogen (secondary N) is 1. The summed E-state index contributed by atoms with van der Waals surface area (Å²) in [5, 5.41) is 13.1. The Kier molecular flexibility index (Phi) is 2.97. The summed E-state index contributed by atoms with van der Waals surface area (Å²) in [5.74, 6) is 2.85. The molecule has 0 radical (unpaired) electrons. The van der Waals surface area contributed by atoms with E-state index in [1.54, 1.807) is 0 Å². The largest absolute Gasteiger partial charge is 0.393 e. The molecule has 1 aromatic heterocycles. The predicted molar refractivity (Wildman–Crippen MR) is 65.8 cm³/mol. The van der Waals surface area contributed by atoms with Gasteiger partial charge in [0.25, 0.3) is 0 Å². The highest BCUT2D eigenvalue weighted by molar-refractivity contribution is 5.34. The van der Waals surface area contributed by atoms with Crippen molar-refractivity contribution >= 4 is 5.82 Å². The van der Waals surface area contributed by atoms with Crippen LogP contribution in [0.15, 0.2) is 12.3 Å². The molecule has 3 rings (SSSR count). The van der Waals surface area contributed by atoms with Crippen molar-refractivity contribution in [1.29, 1.82) is 0 Å². The Morgan fingerprint density at radius 2 is 2.18 bits per heavy atom. The molecule has 1 heterocycles. The van der Waals surface area contributed by atoms with Crippen molar-refractivity contribution in [1.82, 2.24) is 9.97 Å². The van der Waals surface area contributed by atoms with E-state index in [4.69, 9.17) is 0 Å². The maximum Gasteiger partial charge on any atom is 0.133 e. The quantitative estimate of drug-likeness (QED) is 0.834. The van der Waals surface area contributed by atoms with Crippen LogP contribution < -0.4 is 5.32 Å².